The van der Waals surface area contributed by atoms with Crippen LogP contribution in [-0.4, -0.2) is 28.8 Å². The third-order valence-electron chi connectivity index (χ3n) is 2.89. The Morgan fingerprint density at radius 1 is 1.50 bits per heavy atom. The van der Waals surface area contributed by atoms with Crippen molar-refractivity contribution in [3.8, 4) is 0 Å². The summed E-state index contributed by atoms with van der Waals surface area (Å²) >= 11 is 1.55. The van der Waals surface area contributed by atoms with Gasteiger partial charge < -0.3 is 15.7 Å². The van der Waals surface area contributed by atoms with Crippen molar-refractivity contribution in [2.75, 3.05) is 6.54 Å². The van der Waals surface area contributed by atoms with E-state index < -0.39 is 6.10 Å². The number of thiazole rings is 1. The molecule has 2 unspecified atom stereocenters. The van der Waals surface area contributed by atoms with Crippen LogP contribution in [0.3, 0.4) is 0 Å². The highest BCUT2D eigenvalue weighted by Crippen LogP contribution is 2.20. The summed E-state index contributed by atoms with van der Waals surface area (Å²) in [7, 11) is 0. The largest absolute Gasteiger partial charge is 0.391 e. The molecule has 0 aliphatic rings. The zero-order valence-corrected chi connectivity index (χ0v) is 13.5. The highest BCUT2D eigenvalue weighted by Gasteiger charge is 2.16. The van der Waals surface area contributed by atoms with Crippen LogP contribution in [0.5, 0.6) is 0 Å². The standard InChI is InChI=1S/C14H25N3O2S/c1-5-12(13-16-10(4)8-20-13)17-14(19)15-7-11(18)6-9(2)3/h8-9,11-12,18H,5-7H2,1-4H3,(H2,15,17,19). The van der Waals surface area contributed by atoms with Gasteiger partial charge in [-0.2, -0.15) is 0 Å². The van der Waals surface area contributed by atoms with E-state index in [4.69, 9.17) is 0 Å². The molecule has 0 radical (unpaired) electrons. The molecule has 0 fully saturated rings. The second-order valence-electron chi connectivity index (χ2n) is 5.43. The van der Waals surface area contributed by atoms with E-state index >= 15 is 0 Å². The van der Waals surface area contributed by atoms with Gasteiger partial charge in [0.1, 0.15) is 5.01 Å². The number of aliphatic hydroxyl groups excluding tert-OH is 1. The molecule has 0 bridgehead atoms. The fourth-order valence-electron chi connectivity index (χ4n) is 1.92. The molecule has 1 rings (SSSR count). The fraction of sp³-hybridized carbons (Fsp3) is 0.714. The summed E-state index contributed by atoms with van der Waals surface area (Å²) in [5.41, 5.74) is 0.970. The highest BCUT2D eigenvalue weighted by atomic mass is 32.1. The van der Waals surface area contributed by atoms with Crippen LogP contribution in [0, 0.1) is 12.8 Å². The number of aromatic nitrogens is 1. The first kappa shape index (κ1) is 16.9. The summed E-state index contributed by atoms with van der Waals surface area (Å²) < 4.78 is 0. The Balaban J connectivity index is 2.40. The normalized spacial score (nSPS) is 14.1. The Kier molecular flexibility index (Phi) is 6.95. The van der Waals surface area contributed by atoms with Crippen molar-refractivity contribution in [2.24, 2.45) is 5.92 Å². The molecule has 0 saturated heterocycles. The quantitative estimate of drug-likeness (QED) is 0.724. The molecular formula is C14H25N3O2S. The molecule has 1 heterocycles. The lowest BCUT2D eigenvalue weighted by molar-refractivity contribution is 0.146. The predicted molar refractivity (Wildman–Crippen MR) is 81.9 cm³/mol. The second kappa shape index (κ2) is 8.21. The lowest BCUT2D eigenvalue weighted by atomic mass is 10.1. The van der Waals surface area contributed by atoms with E-state index in [0.29, 0.717) is 12.3 Å². The number of carbonyl (C=O) groups is 1. The summed E-state index contributed by atoms with van der Waals surface area (Å²) in [4.78, 5) is 16.2. The molecule has 0 aromatic carbocycles. The van der Waals surface area contributed by atoms with Gasteiger partial charge in [-0.25, -0.2) is 9.78 Å². The van der Waals surface area contributed by atoms with Crippen molar-refractivity contribution in [3.63, 3.8) is 0 Å². The van der Waals surface area contributed by atoms with Gasteiger partial charge in [0.05, 0.1) is 12.1 Å². The van der Waals surface area contributed by atoms with E-state index in [1.165, 1.54) is 0 Å². The molecule has 0 aliphatic carbocycles. The molecule has 1 aromatic heterocycles. The molecule has 20 heavy (non-hydrogen) atoms. The summed E-state index contributed by atoms with van der Waals surface area (Å²) in [6.07, 6.45) is 0.973. The van der Waals surface area contributed by atoms with Crippen LogP contribution in [0.15, 0.2) is 5.38 Å². The zero-order chi connectivity index (χ0) is 15.1. The van der Waals surface area contributed by atoms with Crippen LogP contribution in [-0.2, 0) is 0 Å². The summed E-state index contributed by atoms with van der Waals surface area (Å²) in [5.74, 6) is 0.413. The van der Waals surface area contributed by atoms with Gasteiger partial charge in [0.2, 0.25) is 0 Å². The molecule has 0 aliphatic heterocycles. The van der Waals surface area contributed by atoms with E-state index in [0.717, 1.165) is 17.1 Å². The minimum absolute atomic E-state index is 0.0732. The van der Waals surface area contributed by atoms with Crippen LogP contribution < -0.4 is 10.6 Å². The molecule has 2 atom stereocenters. The number of hydrogen-bond donors (Lipinski definition) is 3. The average Bonchev–Trinajstić information content (AvgIpc) is 2.79. The lowest BCUT2D eigenvalue weighted by Gasteiger charge is -2.17. The number of aryl methyl sites for hydroxylation is 1. The first-order chi connectivity index (χ1) is 9.42. The van der Waals surface area contributed by atoms with Gasteiger partial charge in [0.15, 0.2) is 0 Å². The maximum Gasteiger partial charge on any atom is 0.315 e. The van der Waals surface area contributed by atoms with E-state index in [1.54, 1.807) is 11.3 Å². The number of aliphatic hydroxyl groups is 1. The van der Waals surface area contributed by atoms with Gasteiger partial charge in [-0.1, -0.05) is 20.8 Å². The van der Waals surface area contributed by atoms with Gasteiger partial charge in [0, 0.05) is 17.6 Å². The van der Waals surface area contributed by atoms with Crippen molar-refractivity contribution in [1.82, 2.24) is 15.6 Å². The van der Waals surface area contributed by atoms with Crippen molar-refractivity contribution in [2.45, 2.75) is 52.7 Å². The zero-order valence-electron chi connectivity index (χ0n) is 12.6. The van der Waals surface area contributed by atoms with Crippen molar-refractivity contribution in [3.05, 3.63) is 16.1 Å². The Labute approximate surface area is 124 Å². The first-order valence-corrected chi connectivity index (χ1v) is 7.94. The summed E-state index contributed by atoms with van der Waals surface area (Å²) in [5, 5.41) is 18.2. The third-order valence-corrected chi connectivity index (χ3v) is 3.97. The van der Waals surface area contributed by atoms with Crippen LogP contribution >= 0.6 is 11.3 Å². The number of rotatable bonds is 7. The molecule has 3 N–H and O–H groups in total. The van der Waals surface area contributed by atoms with Gasteiger partial charge in [0.25, 0.3) is 0 Å². The number of amides is 2. The van der Waals surface area contributed by atoms with Crippen LogP contribution in [0.4, 0.5) is 4.79 Å². The molecular weight excluding hydrogens is 274 g/mol. The summed E-state index contributed by atoms with van der Waals surface area (Å²) in [6, 6.07) is -0.330. The van der Waals surface area contributed by atoms with Crippen LogP contribution in [0.1, 0.15) is 50.4 Å². The number of nitrogens with one attached hydrogen (secondary N) is 2. The lowest BCUT2D eigenvalue weighted by Crippen LogP contribution is -2.41. The maximum absolute atomic E-state index is 11.8. The van der Waals surface area contributed by atoms with Gasteiger partial charge in [-0.3, -0.25) is 0 Å². The van der Waals surface area contributed by atoms with Crippen LogP contribution in [0.2, 0.25) is 0 Å². The predicted octanol–water partition coefficient (Wildman–Crippen LogP) is 2.61. The molecule has 6 heteroatoms. The summed E-state index contributed by atoms with van der Waals surface area (Å²) in [6.45, 7) is 8.31. The van der Waals surface area contributed by atoms with Crippen molar-refractivity contribution < 1.29 is 9.90 Å². The van der Waals surface area contributed by atoms with E-state index in [2.05, 4.69) is 15.6 Å². The van der Waals surface area contributed by atoms with Gasteiger partial charge in [-0.15, -0.1) is 11.3 Å². The first-order valence-electron chi connectivity index (χ1n) is 7.06. The average molecular weight is 299 g/mol. The second-order valence-corrected chi connectivity index (χ2v) is 6.32. The maximum atomic E-state index is 11.8. The van der Waals surface area contributed by atoms with Gasteiger partial charge >= 0.3 is 6.03 Å². The number of hydrogen-bond acceptors (Lipinski definition) is 4. The molecule has 2 amide bonds. The SMILES string of the molecule is CCC(NC(=O)NCC(O)CC(C)C)c1nc(C)cs1. The molecule has 114 valence electrons. The molecule has 1 aromatic rings. The van der Waals surface area contributed by atoms with Crippen molar-refractivity contribution >= 4 is 17.4 Å². The van der Waals surface area contributed by atoms with E-state index in [9.17, 15) is 9.90 Å². The molecule has 0 spiro atoms. The Morgan fingerprint density at radius 3 is 2.70 bits per heavy atom. The molecule has 5 nitrogen and oxygen atoms in total. The monoisotopic (exact) mass is 299 g/mol. The highest BCUT2D eigenvalue weighted by molar-refractivity contribution is 7.09. The van der Waals surface area contributed by atoms with E-state index in [-0.39, 0.29) is 18.6 Å². The smallest absolute Gasteiger partial charge is 0.315 e. The minimum Gasteiger partial charge on any atom is -0.391 e. The molecule has 0 saturated carbocycles. The van der Waals surface area contributed by atoms with Crippen LogP contribution in [0.25, 0.3) is 0 Å². The topological polar surface area (TPSA) is 74.2 Å². The Bertz CT molecular complexity index is 420. The number of urea groups is 1. The minimum atomic E-state index is -0.497. The fourth-order valence-corrected chi connectivity index (χ4v) is 2.85. The van der Waals surface area contributed by atoms with E-state index in [1.807, 2.05) is 33.1 Å². The Hall–Kier alpha value is -1.14. The Morgan fingerprint density at radius 2 is 2.20 bits per heavy atom. The third kappa shape index (κ3) is 5.88. The van der Waals surface area contributed by atoms with Crippen molar-refractivity contribution in [1.29, 1.82) is 0 Å². The number of nitrogens with zero attached hydrogens (tertiary/aromatic N) is 1. The van der Waals surface area contributed by atoms with Gasteiger partial charge in [-0.05, 0) is 25.7 Å². The number of carbonyl (C=O) groups excluding carboxylic acids is 1.